The van der Waals surface area contributed by atoms with E-state index in [2.05, 4.69) is 16.0 Å². The number of hydrogen-bond acceptors (Lipinski definition) is 5. The number of nitrogens with two attached hydrogens (primary N) is 1. The molecule has 3 heterocycles. The first-order valence-electron chi connectivity index (χ1n) is 6.33. The van der Waals surface area contributed by atoms with E-state index in [1.54, 1.807) is 5.51 Å². The van der Waals surface area contributed by atoms with E-state index in [4.69, 9.17) is 5.73 Å². The second kappa shape index (κ2) is 5.04. The molecule has 104 valence electrons. The number of hydrogen-bond donors (Lipinski definition) is 1. The quantitative estimate of drug-likeness (QED) is 0.788. The molecule has 0 aliphatic heterocycles. The Morgan fingerprint density at radius 1 is 1.43 bits per heavy atom. The van der Waals surface area contributed by atoms with Crippen LogP contribution in [0.2, 0.25) is 0 Å². The molecule has 0 radical (unpaired) electrons. The number of pyridine rings is 1. The van der Waals surface area contributed by atoms with Crippen LogP contribution < -0.4 is 5.73 Å². The molecular weight excluding hydrogens is 282 g/mol. The third-order valence-electron chi connectivity index (χ3n) is 3.28. The number of rotatable bonds is 2. The van der Waals surface area contributed by atoms with Crippen molar-refractivity contribution in [2.45, 2.75) is 6.92 Å². The molecule has 0 aliphatic carbocycles. The summed E-state index contributed by atoms with van der Waals surface area (Å²) in [5.74, 6) is 0.252. The van der Waals surface area contributed by atoms with Gasteiger partial charge in [-0.1, -0.05) is 0 Å². The molecule has 0 atom stereocenters. The molecule has 3 rings (SSSR count). The number of anilines is 1. The number of nitrogens with zero attached hydrogens (tertiary/aromatic N) is 4. The molecule has 3 aromatic heterocycles. The summed E-state index contributed by atoms with van der Waals surface area (Å²) in [7, 11) is 1.95. The molecular formula is C15H13N5S. The Balaban J connectivity index is 2.25. The Hall–Kier alpha value is -2.65. The highest BCUT2D eigenvalue weighted by molar-refractivity contribution is 7.13. The summed E-state index contributed by atoms with van der Waals surface area (Å²) in [5.41, 5.74) is 11.6. The lowest BCUT2D eigenvalue weighted by atomic mass is 10.0. The Morgan fingerprint density at radius 3 is 2.81 bits per heavy atom. The standard InChI is InChI=1S/C15H13N5S/c1-9-14(21-8-18-9)11-5-13(10-3-4-20(2)7-10)19-15(17)12(11)6-16/h3-5,7-8H,1-2H3,(H2,17,19). The van der Waals surface area contributed by atoms with E-state index in [-0.39, 0.29) is 5.82 Å². The van der Waals surface area contributed by atoms with E-state index >= 15 is 0 Å². The normalized spacial score (nSPS) is 10.5. The van der Waals surface area contributed by atoms with E-state index in [0.29, 0.717) is 5.56 Å². The predicted molar refractivity (Wildman–Crippen MR) is 83.6 cm³/mol. The van der Waals surface area contributed by atoms with Crippen molar-refractivity contribution in [2.75, 3.05) is 5.73 Å². The number of nitriles is 1. The van der Waals surface area contributed by atoms with Crippen LogP contribution in [0.1, 0.15) is 11.3 Å². The van der Waals surface area contributed by atoms with Gasteiger partial charge in [-0.25, -0.2) is 9.97 Å². The minimum Gasteiger partial charge on any atom is -0.383 e. The highest BCUT2D eigenvalue weighted by atomic mass is 32.1. The summed E-state index contributed by atoms with van der Waals surface area (Å²) in [6.07, 6.45) is 3.92. The van der Waals surface area contributed by atoms with Gasteiger partial charge in [-0.05, 0) is 19.1 Å². The van der Waals surface area contributed by atoms with Gasteiger partial charge >= 0.3 is 0 Å². The summed E-state index contributed by atoms with van der Waals surface area (Å²) >= 11 is 1.50. The highest BCUT2D eigenvalue weighted by Gasteiger charge is 2.16. The number of aryl methyl sites for hydroxylation is 2. The van der Waals surface area contributed by atoms with Crippen LogP contribution >= 0.6 is 11.3 Å². The number of nitrogen functional groups attached to an aromatic ring is 1. The first-order valence-corrected chi connectivity index (χ1v) is 7.21. The monoisotopic (exact) mass is 295 g/mol. The van der Waals surface area contributed by atoms with E-state index in [9.17, 15) is 5.26 Å². The first-order chi connectivity index (χ1) is 10.1. The van der Waals surface area contributed by atoms with Crippen LogP contribution in [0.5, 0.6) is 0 Å². The third kappa shape index (κ3) is 2.28. The van der Waals surface area contributed by atoms with Crippen LogP contribution in [-0.2, 0) is 7.05 Å². The smallest absolute Gasteiger partial charge is 0.142 e. The average Bonchev–Trinajstić information content (AvgIpc) is 3.06. The molecule has 0 unspecified atom stereocenters. The van der Waals surface area contributed by atoms with E-state index in [0.717, 1.165) is 27.4 Å². The molecule has 21 heavy (non-hydrogen) atoms. The Kier molecular flexibility index (Phi) is 3.20. The molecule has 0 amide bonds. The lowest BCUT2D eigenvalue weighted by Gasteiger charge is -2.08. The van der Waals surface area contributed by atoms with Crippen molar-refractivity contribution >= 4 is 17.2 Å². The van der Waals surface area contributed by atoms with Gasteiger partial charge in [0.2, 0.25) is 0 Å². The zero-order chi connectivity index (χ0) is 15.0. The Morgan fingerprint density at radius 2 is 2.24 bits per heavy atom. The SMILES string of the molecule is Cc1ncsc1-c1cc(-c2ccn(C)c2)nc(N)c1C#N. The Bertz CT molecular complexity index is 853. The van der Waals surface area contributed by atoms with Gasteiger partial charge in [0.05, 0.1) is 21.8 Å². The van der Waals surface area contributed by atoms with Gasteiger partial charge in [0.15, 0.2) is 0 Å². The lowest BCUT2D eigenvalue weighted by Crippen LogP contribution is -1.99. The summed E-state index contributed by atoms with van der Waals surface area (Å²) in [6, 6.07) is 6.03. The Labute approximate surface area is 126 Å². The van der Waals surface area contributed by atoms with Crippen molar-refractivity contribution < 1.29 is 0 Å². The molecule has 5 nitrogen and oxygen atoms in total. The van der Waals surface area contributed by atoms with Crippen molar-refractivity contribution in [3.05, 3.63) is 41.3 Å². The van der Waals surface area contributed by atoms with Gasteiger partial charge in [0.25, 0.3) is 0 Å². The topological polar surface area (TPSA) is 80.5 Å². The highest BCUT2D eigenvalue weighted by Crippen LogP contribution is 2.34. The molecule has 0 fully saturated rings. The van der Waals surface area contributed by atoms with Crippen molar-refractivity contribution in [1.29, 1.82) is 5.26 Å². The second-order valence-electron chi connectivity index (χ2n) is 4.76. The molecule has 0 aromatic carbocycles. The van der Waals surface area contributed by atoms with Crippen molar-refractivity contribution in [3.8, 4) is 27.8 Å². The van der Waals surface area contributed by atoms with Gasteiger partial charge in [0, 0.05) is 30.6 Å². The fraction of sp³-hybridized carbons (Fsp3) is 0.133. The molecule has 0 aliphatic rings. The maximum absolute atomic E-state index is 9.36. The maximum Gasteiger partial charge on any atom is 0.142 e. The average molecular weight is 295 g/mol. The molecule has 6 heteroatoms. The minimum absolute atomic E-state index is 0.252. The molecule has 0 saturated carbocycles. The molecule has 0 spiro atoms. The summed E-state index contributed by atoms with van der Waals surface area (Å²) in [6.45, 7) is 1.92. The summed E-state index contributed by atoms with van der Waals surface area (Å²) in [5, 5.41) is 9.36. The van der Waals surface area contributed by atoms with Gasteiger partial charge in [-0.2, -0.15) is 5.26 Å². The molecule has 0 bridgehead atoms. The zero-order valence-electron chi connectivity index (χ0n) is 11.7. The lowest BCUT2D eigenvalue weighted by molar-refractivity contribution is 0.928. The summed E-state index contributed by atoms with van der Waals surface area (Å²) in [4.78, 5) is 9.56. The predicted octanol–water partition coefficient (Wildman–Crippen LogP) is 2.97. The molecule has 2 N–H and O–H groups in total. The van der Waals surface area contributed by atoms with Crippen LogP contribution in [-0.4, -0.2) is 14.5 Å². The van der Waals surface area contributed by atoms with Crippen LogP contribution in [0.4, 0.5) is 5.82 Å². The van der Waals surface area contributed by atoms with Gasteiger partial charge < -0.3 is 10.3 Å². The van der Waals surface area contributed by atoms with Gasteiger partial charge in [0.1, 0.15) is 17.5 Å². The largest absolute Gasteiger partial charge is 0.383 e. The van der Waals surface area contributed by atoms with Crippen molar-refractivity contribution in [3.63, 3.8) is 0 Å². The van der Waals surface area contributed by atoms with E-state index in [1.807, 2.05) is 43.1 Å². The first kappa shape index (κ1) is 13.3. The third-order valence-corrected chi connectivity index (χ3v) is 4.24. The van der Waals surface area contributed by atoms with Gasteiger partial charge in [-0.3, -0.25) is 0 Å². The van der Waals surface area contributed by atoms with Crippen LogP contribution in [0.25, 0.3) is 21.7 Å². The zero-order valence-corrected chi connectivity index (χ0v) is 12.5. The summed E-state index contributed by atoms with van der Waals surface area (Å²) < 4.78 is 1.95. The van der Waals surface area contributed by atoms with Gasteiger partial charge in [-0.15, -0.1) is 11.3 Å². The van der Waals surface area contributed by atoms with E-state index in [1.165, 1.54) is 11.3 Å². The number of aromatic nitrogens is 3. The number of thiazole rings is 1. The maximum atomic E-state index is 9.36. The van der Waals surface area contributed by atoms with Crippen LogP contribution in [0, 0.1) is 18.3 Å². The van der Waals surface area contributed by atoms with E-state index < -0.39 is 0 Å². The van der Waals surface area contributed by atoms with Crippen LogP contribution in [0.15, 0.2) is 30.0 Å². The van der Waals surface area contributed by atoms with Crippen molar-refractivity contribution in [2.24, 2.45) is 7.05 Å². The fourth-order valence-corrected chi connectivity index (χ4v) is 3.05. The van der Waals surface area contributed by atoms with Crippen LogP contribution in [0.3, 0.4) is 0 Å². The second-order valence-corrected chi connectivity index (χ2v) is 5.61. The fourth-order valence-electron chi connectivity index (χ4n) is 2.22. The molecule has 0 saturated heterocycles. The molecule has 3 aromatic rings. The van der Waals surface area contributed by atoms with Crippen molar-refractivity contribution in [1.82, 2.24) is 14.5 Å². The minimum atomic E-state index is 0.252.